The molecule has 1 atom stereocenters. The van der Waals surface area contributed by atoms with Crippen LogP contribution in [-0.2, 0) is 28.6 Å². The summed E-state index contributed by atoms with van der Waals surface area (Å²) in [5.74, 6) is -0.950. The SMILES string of the molecule is CC/C=C\C/C=C\C/C=C\C/C=C\C/C=C\C/C=C\CCCCCCCCCCC(=O)OCC(COC(=O)CCCCCCCCC)OC(=O)CCCCC/C=C\C/C=C\C/C=C\C/C=C\C/C=C\CC. The maximum absolute atomic E-state index is 12.8. The molecule has 0 aliphatic carbocycles. The number of ether oxygens (including phenoxy) is 3. The lowest BCUT2D eigenvalue weighted by molar-refractivity contribution is -0.167. The van der Waals surface area contributed by atoms with E-state index in [1.54, 1.807) is 0 Å². The van der Waals surface area contributed by atoms with Crippen LogP contribution >= 0.6 is 0 Å². The lowest BCUT2D eigenvalue weighted by Gasteiger charge is -2.18. The summed E-state index contributed by atoms with van der Waals surface area (Å²) in [5, 5.41) is 0. The molecule has 1 unspecified atom stereocenters. The van der Waals surface area contributed by atoms with E-state index in [1.807, 2.05) is 0 Å². The number of hydrogen-bond acceptors (Lipinski definition) is 6. The average Bonchev–Trinajstić information content (AvgIpc) is 3.37. The fourth-order valence-corrected chi connectivity index (χ4v) is 7.41. The van der Waals surface area contributed by atoms with E-state index in [2.05, 4.69) is 154 Å². The van der Waals surface area contributed by atoms with Gasteiger partial charge >= 0.3 is 17.9 Å². The summed E-state index contributed by atoms with van der Waals surface area (Å²) < 4.78 is 16.7. The molecule has 0 aliphatic heterocycles. The number of esters is 3. The Balaban J connectivity index is 4.28. The van der Waals surface area contributed by atoms with E-state index in [9.17, 15) is 14.4 Å². The van der Waals surface area contributed by atoms with Gasteiger partial charge in [-0.25, -0.2) is 0 Å². The van der Waals surface area contributed by atoms with Gasteiger partial charge in [-0.15, -0.1) is 0 Å². The summed E-state index contributed by atoms with van der Waals surface area (Å²) in [6.07, 6.45) is 81.8. The van der Waals surface area contributed by atoms with Gasteiger partial charge in [0.25, 0.3) is 0 Å². The van der Waals surface area contributed by atoms with Gasteiger partial charge in [0.05, 0.1) is 0 Å². The van der Waals surface area contributed by atoms with Crippen LogP contribution in [0, 0.1) is 0 Å². The van der Waals surface area contributed by atoms with Crippen molar-refractivity contribution in [2.75, 3.05) is 13.2 Å². The molecule has 6 heteroatoms. The molecule has 0 spiro atoms. The van der Waals surface area contributed by atoms with Crippen molar-refractivity contribution in [1.82, 2.24) is 0 Å². The van der Waals surface area contributed by atoms with Crippen molar-refractivity contribution >= 4 is 17.9 Å². The number of unbranched alkanes of at least 4 members (excludes halogenated alkanes) is 17. The summed E-state index contributed by atoms with van der Waals surface area (Å²) >= 11 is 0. The highest BCUT2D eigenvalue weighted by atomic mass is 16.6. The number of carbonyl (C=O) groups excluding carboxylic acids is 3. The van der Waals surface area contributed by atoms with Gasteiger partial charge in [-0.1, -0.05) is 238 Å². The molecule has 0 radical (unpaired) electrons. The van der Waals surface area contributed by atoms with E-state index in [-0.39, 0.29) is 37.5 Å². The first-order valence-corrected chi connectivity index (χ1v) is 28.7. The van der Waals surface area contributed by atoms with Crippen molar-refractivity contribution in [3.63, 3.8) is 0 Å². The molecule has 0 rings (SSSR count). The Labute approximate surface area is 436 Å². The quantitative estimate of drug-likeness (QED) is 0.0262. The van der Waals surface area contributed by atoms with Gasteiger partial charge in [0.2, 0.25) is 0 Å². The molecular weight excluding hydrogens is 877 g/mol. The second-order valence-electron chi connectivity index (χ2n) is 18.4. The van der Waals surface area contributed by atoms with Crippen LogP contribution < -0.4 is 0 Å². The molecule has 71 heavy (non-hydrogen) atoms. The van der Waals surface area contributed by atoms with E-state index in [0.29, 0.717) is 12.8 Å². The van der Waals surface area contributed by atoms with Gasteiger partial charge < -0.3 is 14.2 Å². The molecule has 0 bridgehead atoms. The van der Waals surface area contributed by atoms with E-state index in [1.165, 1.54) is 57.8 Å². The normalized spacial score (nSPS) is 13.1. The summed E-state index contributed by atoms with van der Waals surface area (Å²) in [4.78, 5) is 38.0. The van der Waals surface area contributed by atoms with Crippen molar-refractivity contribution in [1.29, 1.82) is 0 Å². The third kappa shape index (κ3) is 56.3. The van der Waals surface area contributed by atoms with Crippen LogP contribution in [0.4, 0.5) is 0 Å². The molecule has 0 heterocycles. The first-order chi connectivity index (χ1) is 35.0. The second kappa shape index (κ2) is 58.1. The molecule has 0 fully saturated rings. The van der Waals surface area contributed by atoms with Crippen molar-refractivity contribution in [3.05, 3.63) is 134 Å². The van der Waals surface area contributed by atoms with Crippen molar-refractivity contribution < 1.29 is 28.6 Å². The number of hydrogen-bond donors (Lipinski definition) is 0. The van der Waals surface area contributed by atoms with E-state index in [0.717, 1.165) is 141 Å². The molecule has 6 nitrogen and oxygen atoms in total. The predicted molar refractivity (Wildman–Crippen MR) is 306 cm³/mol. The zero-order chi connectivity index (χ0) is 51.4. The van der Waals surface area contributed by atoms with E-state index in [4.69, 9.17) is 14.2 Å². The molecular formula is C65H104O6. The van der Waals surface area contributed by atoms with Gasteiger partial charge in [-0.3, -0.25) is 14.4 Å². The molecule has 0 N–H and O–H groups in total. The predicted octanol–water partition coefficient (Wildman–Crippen LogP) is 19.4. The van der Waals surface area contributed by atoms with Crippen LogP contribution in [-0.4, -0.2) is 37.2 Å². The van der Waals surface area contributed by atoms with Gasteiger partial charge in [0, 0.05) is 19.3 Å². The standard InChI is InChI=1S/C65H104O6/c1-4-7-10-13-16-18-20-22-24-26-28-29-30-31-32-33-34-35-37-38-40-42-44-46-49-52-55-58-64(67)70-61-62(60-69-63(66)57-54-51-48-15-12-9-6-3)71-65(68)59-56-53-50-47-45-43-41-39-36-27-25-23-21-19-17-14-11-8-5-2/h7-8,10-11,16-19,22-25,28-29,31-32,34-36,39,43,45,62H,4-6,9,12-15,20-21,26-27,30,33,37-38,40-42,44,46-61H2,1-3H3/b10-7-,11-8-,18-16-,19-17-,24-22-,25-23-,29-28-,32-31-,35-34-,39-36-,45-43-. The number of allylic oxidation sites excluding steroid dienone is 22. The van der Waals surface area contributed by atoms with Crippen LogP contribution in [0.3, 0.4) is 0 Å². The molecule has 0 aromatic carbocycles. The summed E-state index contributed by atoms with van der Waals surface area (Å²) in [7, 11) is 0. The van der Waals surface area contributed by atoms with Crippen molar-refractivity contribution in [3.8, 4) is 0 Å². The highest BCUT2D eigenvalue weighted by Gasteiger charge is 2.19. The van der Waals surface area contributed by atoms with Crippen LogP contribution in [0.1, 0.15) is 239 Å². The minimum Gasteiger partial charge on any atom is -0.462 e. The second-order valence-corrected chi connectivity index (χ2v) is 18.4. The fourth-order valence-electron chi connectivity index (χ4n) is 7.41. The minimum absolute atomic E-state index is 0.0974. The maximum atomic E-state index is 12.8. The average molecular weight is 982 g/mol. The summed E-state index contributed by atoms with van der Waals surface area (Å²) in [6, 6.07) is 0. The lowest BCUT2D eigenvalue weighted by atomic mass is 10.1. The third-order valence-corrected chi connectivity index (χ3v) is 11.7. The molecule has 0 aromatic rings. The molecule has 0 aliphatic rings. The number of carbonyl (C=O) groups is 3. The van der Waals surface area contributed by atoms with Crippen molar-refractivity contribution in [2.45, 2.75) is 245 Å². The van der Waals surface area contributed by atoms with Gasteiger partial charge in [0.1, 0.15) is 13.2 Å². The summed E-state index contributed by atoms with van der Waals surface area (Å²) in [5.41, 5.74) is 0. The largest absolute Gasteiger partial charge is 0.462 e. The lowest BCUT2D eigenvalue weighted by Crippen LogP contribution is -2.30. The smallest absolute Gasteiger partial charge is 0.306 e. The maximum Gasteiger partial charge on any atom is 0.306 e. The first kappa shape index (κ1) is 66.6. The minimum atomic E-state index is -0.801. The van der Waals surface area contributed by atoms with Crippen molar-refractivity contribution in [2.24, 2.45) is 0 Å². The monoisotopic (exact) mass is 981 g/mol. The third-order valence-electron chi connectivity index (χ3n) is 11.7. The molecule has 0 aromatic heterocycles. The molecule has 0 amide bonds. The Morgan fingerprint density at radius 3 is 0.873 bits per heavy atom. The van der Waals surface area contributed by atoms with E-state index >= 15 is 0 Å². The Kier molecular flexibility index (Phi) is 54.5. The summed E-state index contributed by atoms with van der Waals surface area (Å²) in [6.45, 7) is 6.32. The van der Waals surface area contributed by atoms with Crippen LogP contribution in [0.5, 0.6) is 0 Å². The Hall–Kier alpha value is -4.45. The van der Waals surface area contributed by atoms with Crippen LogP contribution in [0.15, 0.2) is 134 Å². The molecule has 400 valence electrons. The Bertz CT molecular complexity index is 1550. The highest BCUT2D eigenvalue weighted by Crippen LogP contribution is 2.14. The zero-order valence-electron chi connectivity index (χ0n) is 45.7. The Morgan fingerprint density at radius 1 is 0.296 bits per heavy atom. The van der Waals surface area contributed by atoms with Gasteiger partial charge in [-0.2, -0.15) is 0 Å². The molecule has 0 saturated heterocycles. The highest BCUT2D eigenvalue weighted by molar-refractivity contribution is 5.71. The number of rotatable bonds is 50. The van der Waals surface area contributed by atoms with E-state index < -0.39 is 6.10 Å². The zero-order valence-corrected chi connectivity index (χ0v) is 45.7. The van der Waals surface area contributed by atoms with Gasteiger partial charge in [0.15, 0.2) is 6.10 Å². The fraction of sp³-hybridized carbons (Fsp3) is 0.615. The van der Waals surface area contributed by atoms with Gasteiger partial charge in [-0.05, 0) is 116 Å². The van der Waals surface area contributed by atoms with Crippen LogP contribution in [0.25, 0.3) is 0 Å². The Morgan fingerprint density at radius 2 is 0.549 bits per heavy atom. The molecule has 0 saturated carbocycles. The van der Waals surface area contributed by atoms with Crippen LogP contribution in [0.2, 0.25) is 0 Å². The first-order valence-electron chi connectivity index (χ1n) is 28.7. The topological polar surface area (TPSA) is 78.9 Å².